The Kier molecular flexibility index (Phi) is 6.04. The number of benzene rings is 1. The first-order chi connectivity index (χ1) is 13.8. The highest BCUT2D eigenvalue weighted by molar-refractivity contribution is 5.93. The normalized spacial score (nSPS) is 17.9. The third kappa shape index (κ3) is 4.80. The molecule has 2 fully saturated rings. The molecule has 1 aliphatic carbocycles. The standard InChI is InChI=1S/C22H29N5O/c28-22(26-17-7-3-1-2-4-8-17)20-15-21(24-16-23-20)25-18-9-11-19(12-10-18)27-13-5-6-14-27/h9-12,15-17H,1-8,13-14H2,(H,26,28)(H,23,24,25). The van der Waals surface area contributed by atoms with Crippen molar-refractivity contribution < 1.29 is 4.79 Å². The summed E-state index contributed by atoms with van der Waals surface area (Å²) in [5.41, 5.74) is 2.63. The zero-order chi connectivity index (χ0) is 19.2. The van der Waals surface area contributed by atoms with Crippen molar-refractivity contribution in [2.24, 2.45) is 0 Å². The van der Waals surface area contributed by atoms with Gasteiger partial charge in [-0.15, -0.1) is 0 Å². The fourth-order valence-corrected chi connectivity index (χ4v) is 4.11. The van der Waals surface area contributed by atoms with E-state index >= 15 is 0 Å². The predicted octanol–water partition coefficient (Wildman–Crippen LogP) is 4.27. The summed E-state index contributed by atoms with van der Waals surface area (Å²) >= 11 is 0. The van der Waals surface area contributed by atoms with Crippen LogP contribution in [0.3, 0.4) is 0 Å². The lowest BCUT2D eigenvalue weighted by molar-refractivity contribution is 0.0928. The van der Waals surface area contributed by atoms with Gasteiger partial charge in [-0.1, -0.05) is 25.7 Å². The Morgan fingerprint density at radius 3 is 2.36 bits per heavy atom. The molecule has 1 saturated heterocycles. The van der Waals surface area contributed by atoms with Gasteiger partial charge in [0.05, 0.1) is 0 Å². The molecule has 2 N–H and O–H groups in total. The van der Waals surface area contributed by atoms with Crippen LogP contribution in [-0.4, -0.2) is 35.0 Å². The number of hydrogen-bond donors (Lipinski definition) is 2. The van der Waals surface area contributed by atoms with Crippen LogP contribution in [0.5, 0.6) is 0 Å². The zero-order valence-electron chi connectivity index (χ0n) is 16.4. The summed E-state index contributed by atoms with van der Waals surface area (Å²) in [4.78, 5) is 23.4. The molecular weight excluding hydrogens is 350 g/mol. The molecule has 6 heteroatoms. The van der Waals surface area contributed by atoms with E-state index in [2.05, 4.69) is 49.8 Å². The van der Waals surface area contributed by atoms with Crippen molar-refractivity contribution in [2.75, 3.05) is 23.3 Å². The summed E-state index contributed by atoms with van der Waals surface area (Å²) in [7, 11) is 0. The largest absolute Gasteiger partial charge is 0.372 e. The van der Waals surface area contributed by atoms with Crippen molar-refractivity contribution in [2.45, 2.75) is 57.4 Å². The summed E-state index contributed by atoms with van der Waals surface area (Å²) in [5, 5.41) is 6.42. The van der Waals surface area contributed by atoms with Crippen molar-refractivity contribution in [3.63, 3.8) is 0 Å². The number of nitrogens with zero attached hydrogens (tertiary/aromatic N) is 3. The summed E-state index contributed by atoms with van der Waals surface area (Å²) in [5.74, 6) is 0.525. The van der Waals surface area contributed by atoms with Crippen molar-refractivity contribution in [3.8, 4) is 0 Å². The van der Waals surface area contributed by atoms with E-state index in [4.69, 9.17) is 0 Å². The van der Waals surface area contributed by atoms with Gasteiger partial charge in [-0.3, -0.25) is 4.79 Å². The van der Waals surface area contributed by atoms with Crippen LogP contribution in [0, 0.1) is 0 Å². The maximum absolute atomic E-state index is 12.6. The average molecular weight is 380 g/mol. The SMILES string of the molecule is O=C(NC1CCCCCC1)c1cc(Nc2ccc(N3CCCC3)cc2)ncn1. The third-order valence-electron chi connectivity index (χ3n) is 5.70. The van der Waals surface area contributed by atoms with E-state index in [1.807, 2.05) is 0 Å². The molecule has 1 saturated carbocycles. The van der Waals surface area contributed by atoms with Gasteiger partial charge in [-0.05, 0) is 49.9 Å². The first kappa shape index (κ1) is 18.7. The highest BCUT2D eigenvalue weighted by Crippen LogP contribution is 2.23. The van der Waals surface area contributed by atoms with Crippen molar-refractivity contribution in [3.05, 3.63) is 42.4 Å². The number of hydrogen-bond acceptors (Lipinski definition) is 5. The molecular formula is C22H29N5O. The number of carbonyl (C=O) groups excluding carboxylic acids is 1. The van der Waals surface area contributed by atoms with Crippen LogP contribution in [0.2, 0.25) is 0 Å². The summed E-state index contributed by atoms with van der Waals surface area (Å²) < 4.78 is 0. The summed E-state index contributed by atoms with van der Waals surface area (Å²) in [6.45, 7) is 2.27. The molecule has 0 bridgehead atoms. The van der Waals surface area contributed by atoms with Crippen LogP contribution in [0.25, 0.3) is 0 Å². The second-order valence-corrected chi connectivity index (χ2v) is 7.82. The molecule has 2 aliphatic rings. The predicted molar refractivity (Wildman–Crippen MR) is 112 cm³/mol. The number of rotatable bonds is 5. The van der Waals surface area contributed by atoms with Crippen molar-refractivity contribution >= 4 is 23.1 Å². The zero-order valence-corrected chi connectivity index (χ0v) is 16.4. The van der Waals surface area contributed by atoms with Gasteiger partial charge in [0.15, 0.2) is 0 Å². The maximum Gasteiger partial charge on any atom is 0.270 e. The van der Waals surface area contributed by atoms with Crippen LogP contribution in [0.1, 0.15) is 61.9 Å². The minimum atomic E-state index is -0.110. The Hall–Kier alpha value is -2.63. The lowest BCUT2D eigenvalue weighted by Gasteiger charge is -2.18. The second kappa shape index (κ2) is 9.04. The molecule has 148 valence electrons. The van der Waals surface area contributed by atoms with Gasteiger partial charge in [-0.2, -0.15) is 0 Å². The van der Waals surface area contributed by atoms with E-state index in [0.717, 1.165) is 31.6 Å². The molecule has 2 heterocycles. The number of carbonyl (C=O) groups is 1. The van der Waals surface area contributed by atoms with Gasteiger partial charge in [-0.25, -0.2) is 9.97 Å². The van der Waals surface area contributed by atoms with Crippen LogP contribution in [0.4, 0.5) is 17.2 Å². The minimum absolute atomic E-state index is 0.110. The first-order valence-electron chi connectivity index (χ1n) is 10.5. The highest BCUT2D eigenvalue weighted by Gasteiger charge is 2.17. The molecule has 0 unspecified atom stereocenters. The molecule has 4 rings (SSSR count). The molecule has 0 atom stereocenters. The van der Waals surface area contributed by atoms with Crippen molar-refractivity contribution in [1.29, 1.82) is 0 Å². The number of nitrogens with one attached hydrogen (secondary N) is 2. The molecule has 1 amide bonds. The van der Waals surface area contributed by atoms with Gasteiger partial charge in [0.25, 0.3) is 5.91 Å². The fraction of sp³-hybridized carbons (Fsp3) is 0.500. The van der Waals surface area contributed by atoms with Gasteiger partial charge in [0, 0.05) is 36.6 Å². The highest BCUT2D eigenvalue weighted by atomic mass is 16.1. The van der Waals surface area contributed by atoms with E-state index in [0.29, 0.717) is 11.5 Å². The van der Waals surface area contributed by atoms with E-state index in [-0.39, 0.29) is 11.9 Å². The van der Waals surface area contributed by atoms with E-state index < -0.39 is 0 Å². The molecule has 28 heavy (non-hydrogen) atoms. The van der Waals surface area contributed by atoms with Crippen molar-refractivity contribution in [1.82, 2.24) is 15.3 Å². The lowest BCUT2D eigenvalue weighted by Crippen LogP contribution is -2.34. The Labute approximate surface area is 166 Å². The Morgan fingerprint density at radius 1 is 0.929 bits per heavy atom. The smallest absolute Gasteiger partial charge is 0.270 e. The second-order valence-electron chi connectivity index (χ2n) is 7.82. The van der Waals surface area contributed by atoms with E-state index in [1.165, 1.54) is 50.5 Å². The van der Waals surface area contributed by atoms with Gasteiger partial charge >= 0.3 is 0 Å². The Morgan fingerprint density at radius 2 is 1.64 bits per heavy atom. The lowest BCUT2D eigenvalue weighted by atomic mass is 10.1. The number of anilines is 3. The number of amides is 1. The van der Waals surface area contributed by atoms with E-state index in [1.54, 1.807) is 6.07 Å². The fourth-order valence-electron chi connectivity index (χ4n) is 4.11. The maximum atomic E-state index is 12.6. The van der Waals surface area contributed by atoms with Crippen LogP contribution in [0.15, 0.2) is 36.7 Å². The molecule has 2 aromatic rings. The number of aromatic nitrogens is 2. The van der Waals surface area contributed by atoms with E-state index in [9.17, 15) is 4.79 Å². The molecule has 1 aromatic heterocycles. The monoisotopic (exact) mass is 379 g/mol. The average Bonchev–Trinajstić information content (AvgIpc) is 3.14. The summed E-state index contributed by atoms with van der Waals surface area (Å²) in [6, 6.07) is 10.4. The van der Waals surface area contributed by atoms with Gasteiger partial charge in [0.2, 0.25) is 0 Å². The molecule has 0 spiro atoms. The van der Waals surface area contributed by atoms with Crippen LogP contribution in [-0.2, 0) is 0 Å². The summed E-state index contributed by atoms with van der Waals surface area (Å²) in [6.07, 6.45) is 11.0. The third-order valence-corrected chi connectivity index (χ3v) is 5.70. The van der Waals surface area contributed by atoms with Crippen LogP contribution >= 0.6 is 0 Å². The molecule has 6 nitrogen and oxygen atoms in total. The molecule has 1 aromatic carbocycles. The molecule has 0 radical (unpaired) electrons. The van der Waals surface area contributed by atoms with Gasteiger partial charge in [0.1, 0.15) is 17.8 Å². The topological polar surface area (TPSA) is 70.2 Å². The quantitative estimate of drug-likeness (QED) is 0.759. The van der Waals surface area contributed by atoms with Gasteiger partial charge < -0.3 is 15.5 Å². The Bertz CT molecular complexity index is 778. The Balaban J connectivity index is 1.38. The first-order valence-corrected chi connectivity index (χ1v) is 10.5. The van der Waals surface area contributed by atoms with Crippen LogP contribution < -0.4 is 15.5 Å². The molecule has 1 aliphatic heterocycles. The minimum Gasteiger partial charge on any atom is -0.372 e.